The molecule has 0 N–H and O–H groups in total. The van der Waals surface area contributed by atoms with Gasteiger partial charge in [-0.05, 0) is 91.8 Å². The highest BCUT2D eigenvalue weighted by molar-refractivity contribution is 5.88. The van der Waals surface area contributed by atoms with E-state index in [2.05, 4.69) is 88.4 Å². The summed E-state index contributed by atoms with van der Waals surface area (Å²) in [5, 5.41) is 2.75. The van der Waals surface area contributed by atoms with Crippen LogP contribution in [0.15, 0.2) is 78.9 Å². The molecule has 0 atom stereocenters. The van der Waals surface area contributed by atoms with Gasteiger partial charge in [0.05, 0.1) is 0 Å². The van der Waals surface area contributed by atoms with Gasteiger partial charge in [0.15, 0.2) is 0 Å². The Hall–Kier alpha value is -2.93. The van der Waals surface area contributed by atoms with Crippen LogP contribution in [-0.2, 0) is 0 Å². The number of halogens is 1. The largest absolute Gasteiger partial charge is 0.207 e. The van der Waals surface area contributed by atoms with Crippen molar-refractivity contribution in [3.05, 3.63) is 118 Å². The summed E-state index contributed by atoms with van der Waals surface area (Å²) in [5.41, 5.74) is 7.23. The number of aryl methyl sites for hydroxylation is 5. The molecular weight excluding hydrogens is 355 g/mol. The molecule has 1 heteroatoms. The second kappa shape index (κ2) is 10.6. The lowest BCUT2D eigenvalue weighted by molar-refractivity contribution is 0.617. The minimum absolute atomic E-state index is 0.116. The molecule has 0 aliphatic carbocycles. The molecule has 0 saturated heterocycles. The van der Waals surface area contributed by atoms with E-state index in [9.17, 15) is 4.39 Å². The molecule has 150 valence electrons. The predicted octanol–water partition coefficient (Wildman–Crippen LogP) is 8.20. The second-order valence-corrected chi connectivity index (χ2v) is 7.51. The maximum Gasteiger partial charge on any atom is 0.126 e. The first-order valence-electron chi connectivity index (χ1n) is 10.00. The lowest BCUT2D eigenvalue weighted by atomic mass is 10.0. The number of hydrogen-bond acceptors (Lipinski definition) is 0. The van der Waals surface area contributed by atoms with Crippen LogP contribution >= 0.6 is 0 Å². The molecule has 0 amide bonds. The molecule has 0 bridgehead atoms. The first-order chi connectivity index (χ1) is 13.8. The zero-order valence-corrected chi connectivity index (χ0v) is 18.4. The molecular formula is C28H31F. The molecule has 4 rings (SSSR count). The van der Waals surface area contributed by atoms with E-state index in [-0.39, 0.29) is 5.82 Å². The number of fused-ring (bicyclic) bond motifs is 1. The summed E-state index contributed by atoms with van der Waals surface area (Å²) in [5.74, 6) is -0.116. The van der Waals surface area contributed by atoms with Crippen molar-refractivity contribution in [1.29, 1.82) is 0 Å². The summed E-state index contributed by atoms with van der Waals surface area (Å²) in [6.07, 6.45) is 0. The van der Waals surface area contributed by atoms with Crippen LogP contribution < -0.4 is 0 Å². The Balaban J connectivity index is 0.000000160. The molecule has 29 heavy (non-hydrogen) atoms. The van der Waals surface area contributed by atoms with Gasteiger partial charge in [-0.2, -0.15) is 0 Å². The van der Waals surface area contributed by atoms with Crippen molar-refractivity contribution in [1.82, 2.24) is 0 Å². The molecule has 4 aromatic carbocycles. The van der Waals surface area contributed by atoms with Crippen LogP contribution in [0, 0.1) is 47.4 Å². The molecule has 0 aliphatic heterocycles. The van der Waals surface area contributed by atoms with Crippen LogP contribution in [0.25, 0.3) is 10.8 Å². The first kappa shape index (κ1) is 22.4. The average Bonchev–Trinajstić information content (AvgIpc) is 2.70. The minimum atomic E-state index is -0.116. The van der Waals surface area contributed by atoms with E-state index in [1.165, 1.54) is 39.1 Å². The molecule has 0 fully saturated rings. The quantitative estimate of drug-likeness (QED) is 0.286. The summed E-state index contributed by atoms with van der Waals surface area (Å²) >= 11 is 0. The molecule has 0 heterocycles. The number of rotatable bonds is 0. The van der Waals surface area contributed by atoms with Crippen LogP contribution in [-0.4, -0.2) is 0 Å². The zero-order valence-electron chi connectivity index (χ0n) is 18.4. The molecule has 0 aliphatic rings. The SMILES string of the molecule is Cc1cccc(F)c1C.Cc1cccc2cccc(C)c12.Cc1ccccc1C. The summed E-state index contributed by atoms with van der Waals surface area (Å²) < 4.78 is 12.6. The smallest absolute Gasteiger partial charge is 0.126 e. The van der Waals surface area contributed by atoms with Gasteiger partial charge in [-0.1, -0.05) is 72.8 Å². The Labute approximate surface area is 175 Å². The van der Waals surface area contributed by atoms with E-state index < -0.39 is 0 Å². The number of benzene rings is 4. The second-order valence-electron chi connectivity index (χ2n) is 7.51. The topological polar surface area (TPSA) is 0 Å². The fraction of sp³-hybridized carbons (Fsp3) is 0.214. The molecule has 0 saturated carbocycles. The molecule has 0 aromatic heterocycles. The third-order valence-corrected chi connectivity index (χ3v) is 5.29. The lowest BCUT2D eigenvalue weighted by Gasteiger charge is -2.04. The molecule has 0 radical (unpaired) electrons. The fourth-order valence-corrected chi connectivity index (χ4v) is 3.13. The summed E-state index contributed by atoms with van der Waals surface area (Å²) in [6.45, 7) is 12.2. The molecule has 0 unspecified atom stereocenters. The zero-order chi connectivity index (χ0) is 21.4. The molecule has 4 aromatic rings. The van der Waals surface area contributed by atoms with Gasteiger partial charge < -0.3 is 0 Å². The van der Waals surface area contributed by atoms with E-state index in [4.69, 9.17) is 0 Å². The van der Waals surface area contributed by atoms with E-state index in [0.29, 0.717) is 0 Å². The van der Waals surface area contributed by atoms with Gasteiger partial charge in [-0.15, -0.1) is 0 Å². The van der Waals surface area contributed by atoms with Gasteiger partial charge in [0.1, 0.15) is 5.82 Å². The van der Waals surface area contributed by atoms with Crippen molar-refractivity contribution in [2.45, 2.75) is 41.5 Å². The van der Waals surface area contributed by atoms with Gasteiger partial charge in [-0.25, -0.2) is 4.39 Å². The van der Waals surface area contributed by atoms with Crippen molar-refractivity contribution in [2.24, 2.45) is 0 Å². The fourth-order valence-electron chi connectivity index (χ4n) is 3.13. The van der Waals surface area contributed by atoms with E-state index >= 15 is 0 Å². The van der Waals surface area contributed by atoms with Gasteiger partial charge in [0.2, 0.25) is 0 Å². The maximum absolute atomic E-state index is 12.6. The summed E-state index contributed by atoms with van der Waals surface area (Å²) in [4.78, 5) is 0. The van der Waals surface area contributed by atoms with E-state index in [1.807, 2.05) is 13.0 Å². The van der Waals surface area contributed by atoms with Crippen LogP contribution in [0.5, 0.6) is 0 Å². The first-order valence-corrected chi connectivity index (χ1v) is 10.00. The van der Waals surface area contributed by atoms with Crippen LogP contribution in [0.3, 0.4) is 0 Å². The summed E-state index contributed by atoms with van der Waals surface area (Å²) in [6, 6.07) is 26.3. The van der Waals surface area contributed by atoms with E-state index in [1.54, 1.807) is 13.0 Å². The van der Waals surface area contributed by atoms with Crippen molar-refractivity contribution in [2.75, 3.05) is 0 Å². The Kier molecular flexibility index (Phi) is 8.15. The van der Waals surface area contributed by atoms with Gasteiger partial charge in [0.25, 0.3) is 0 Å². The predicted molar refractivity (Wildman–Crippen MR) is 125 cm³/mol. The minimum Gasteiger partial charge on any atom is -0.207 e. The normalized spacial score (nSPS) is 9.90. The average molecular weight is 387 g/mol. The van der Waals surface area contributed by atoms with E-state index in [0.717, 1.165) is 11.1 Å². The van der Waals surface area contributed by atoms with Gasteiger partial charge >= 0.3 is 0 Å². The van der Waals surface area contributed by atoms with Crippen molar-refractivity contribution < 1.29 is 4.39 Å². The Bertz CT molecular complexity index is 999. The molecule has 0 spiro atoms. The lowest BCUT2D eigenvalue weighted by Crippen LogP contribution is -1.83. The maximum atomic E-state index is 12.6. The third-order valence-electron chi connectivity index (χ3n) is 5.29. The highest BCUT2D eigenvalue weighted by Gasteiger charge is 1.98. The molecule has 0 nitrogen and oxygen atoms in total. The van der Waals surface area contributed by atoms with Gasteiger partial charge in [0, 0.05) is 0 Å². The highest BCUT2D eigenvalue weighted by atomic mass is 19.1. The van der Waals surface area contributed by atoms with Gasteiger partial charge in [-0.3, -0.25) is 0 Å². The van der Waals surface area contributed by atoms with Crippen LogP contribution in [0.4, 0.5) is 4.39 Å². The van der Waals surface area contributed by atoms with Crippen molar-refractivity contribution >= 4 is 10.8 Å². The Morgan fingerprint density at radius 1 is 0.448 bits per heavy atom. The van der Waals surface area contributed by atoms with Crippen LogP contribution in [0.2, 0.25) is 0 Å². The summed E-state index contributed by atoms with van der Waals surface area (Å²) in [7, 11) is 0. The van der Waals surface area contributed by atoms with Crippen LogP contribution in [0.1, 0.15) is 33.4 Å². The standard InChI is InChI=1S/C12H12.C8H9F.C8H10/c1-9-5-3-7-11-8-4-6-10(2)12(9)11;1-6-4-3-5-8(9)7(6)2;1-7-5-3-4-6-8(7)2/h3-8H,1-2H3;3-5H,1-2H3;3-6H,1-2H3. The third kappa shape index (κ3) is 6.29. The van der Waals surface area contributed by atoms with Crippen molar-refractivity contribution in [3.63, 3.8) is 0 Å². The highest BCUT2D eigenvalue weighted by Crippen LogP contribution is 2.21. The van der Waals surface area contributed by atoms with Crippen molar-refractivity contribution in [3.8, 4) is 0 Å². The Morgan fingerprint density at radius 3 is 1.24 bits per heavy atom. The number of hydrogen-bond donors (Lipinski definition) is 0. The monoisotopic (exact) mass is 386 g/mol. The Morgan fingerprint density at radius 2 is 0.862 bits per heavy atom.